The maximum absolute atomic E-state index is 2.30. The zero-order valence-corrected chi connectivity index (χ0v) is 15.3. The van der Waals surface area contributed by atoms with E-state index in [9.17, 15) is 0 Å². The van der Waals surface area contributed by atoms with E-state index < -0.39 is 0 Å². The number of pyridine rings is 1. The Morgan fingerprint density at radius 1 is 0.792 bits per heavy atom. The highest BCUT2D eigenvalue weighted by Gasteiger charge is 2.20. The van der Waals surface area contributed by atoms with Gasteiger partial charge in [0, 0.05) is 17.2 Å². The molecular formula is C23H26N+. The van der Waals surface area contributed by atoms with Crippen molar-refractivity contribution in [3.8, 4) is 22.4 Å². The van der Waals surface area contributed by atoms with Crippen molar-refractivity contribution in [3.63, 3.8) is 0 Å². The molecule has 1 nitrogen and oxygen atoms in total. The molecule has 0 spiro atoms. The molecule has 0 amide bonds. The van der Waals surface area contributed by atoms with Crippen molar-refractivity contribution in [1.29, 1.82) is 0 Å². The molecule has 3 aromatic rings. The van der Waals surface area contributed by atoms with E-state index >= 15 is 0 Å². The molecule has 1 aromatic heterocycles. The van der Waals surface area contributed by atoms with Gasteiger partial charge in [-0.3, -0.25) is 0 Å². The highest BCUT2D eigenvalue weighted by Crippen LogP contribution is 2.29. The second-order valence-electron chi connectivity index (χ2n) is 7.56. The van der Waals surface area contributed by atoms with Crippen LogP contribution in [0.3, 0.4) is 0 Å². The maximum Gasteiger partial charge on any atom is 0.212 e. The number of hydrogen-bond donors (Lipinski definition) is 0. The molecule has 24 heavy (non-hydrogen) atoms. The van der Waals surface area contributed by atoms with E-state index in [1.807, 2.05) is 0 Å². The standard InChI is InChI=1S/C23H26N/c1-17-11-12-19(18-9-7-6-8-10-18)15-21(17)22-14-13-20(16-24(22)5)23(2,3)4/h6-16H,1-5H3/q+1. The predicted molar refractivity (Wildman–Crippen MR) is 102 cm³/mol. The summed E-state index contributed by atoms with van der Waals surface area (Å²) in [6.07, 6.45) is 2.25. The lowest BCUT2D eigenvalue weighted by Gasteiger charge is -2.17. The molecule has 0 aliphatic carbocycles. The quantitative estimate of drug-likeness (QED) is 0.553. The lowest BCUT2D eigenvalue weighted by atomic mass is 9.87. The monoisotopic (exact) mass is 316 g/mol. The summed E-state index contributed by atoms with van der Waals surface area (Å²) in [6, 6.07) is 21.8. The Labute approximate surface area is 145 Å². The van der Waals surface area contributed by atoms with Crippen LogP contribution >= 0.6 is 0 Å². The highest BCUT2D eigenvalue weighted by molar-refractivity contribution is 5.72. The van der Waals surface area contributed by atoms with Crippen LogP contribution in [0.5, 0.6) is 0 Å². The van der Waals surface area contributed by atoms with E-state index in [2.05, 4.69) is 106 Å². The lowest BCUT2D eigenvalue weighted by molar-refractivity contribution is -0.661. The minimum Gasteiger partial charge on any atom is -0.201 e. The van der Waals surface area contributed by atoms with E-state index in [0.717, 1.165) is 0 Å². The van der Waals surface area contributed by atoms with E-state index in [1.165, 1.54) is 33.5 Å². The fraction of sp³-hybridized carbons (Fsp3) is 0.261. The first kappa shape index (κ1) is 16.4. The molecule has 0 saturated carbocycles. The average molecular weight is 316 g/mol. The number of rotatable bonds is 2. The van der Waals surface area contributed by atoms with Gasteiger partial charge in [0.1, 0.15) is 7.05 Å². The van der Waals surface area contributed by atoms with Gasteiger partial charge < -0.3 is 0 Å². The SMILES string of the molecule is Cc1ccc(-c2ccccc2)cc1-c1ccc(C(C)(C)C)c[n+]1C. The van der Waals surface area contributed by atoms with E-state index in [0.29, 0.717) is 0 Å². The molecule has 0 radical (unpaired) electrons. The smallest absolute Gasteiger partial charge is 0.201 e. The van der Waals surface area contributed by atoms with Gasteiger partial charge in [0.15, 0.2) is 6.20 Å². The molecular weight excluding hydrogens is 290 g/mol. The number of benzene rings is 2. The van der Waals surface area contributed by atoms with E-state index in [-0.39, 0.29) is 5.41 Å². The van der Waals surface area contributed by atoms with Gasteiger partial charge in [0.25, 0.3) is 0 Å². The first-order valence-corrected chi connectivity index (χ1v) is 8.53. The summed E-state index contributed by atoms with van der Waals surface area (Å²) in [4.78, 5) is 0. The summed E-state index contributed by atoms with van der Waals surface area (Å²) in [5, 5.41) is 0. The number of hydrogen-bond acceptors (Lipinski definition) is 0. The molecule has 0 saturated heterocycles. The van der Waals surface area contributed by atoms with Gasteiger partial charge >= 0.3 is 0 Å². The van der Waals surface area contributed by atoms with Crippen LogP contribution in [0.4, 0.5) is 0 Å². The summed E-state index contributed by atoms with van der Waals surface area (Å²) in [7, 11) is 2.14. The number of nitrogens with zero attached hydrogens (tertiary/aromatic N) is 1. The normalized spacial score (nSPS) is 11.5. The highest BCUT2D eigenvalue weighted by atomic mass is 14.9. The van der Waals surface area contributed by atoms with Crippen LogP contribution in [0.15, 0.2) is 66.9 Å². The van der Waals surface area contributed by atoms with Crippen molar-refractivity contribution in [2.45, 2.75) is 33.1 Å². The minimum atomic E-state index is 0.164. The molecule has 3 rings (SSSR count). The van der Waals surface area contributed by atoms with Crippen LogP contribution in [0.2, 0.25) is 0 Å². The second-order valence-corrected chi connectivity index (χ2v) is 7.56. The summed E-state index contributed by atoms with van der Waals surface area (Å²) in [5.74, 6) is 0. The van der Waals surface area contributed by atoms with Crippen LogP contribution in [0, 0.1) is 6.92 Å². The molecule has 122 valence electrons. The van der Waals surface area contributed by atoms with Crippen molar-refractivity contribution in [2.24, 2.45) is 7.05 Å². The number of aryl methyl sites for hydroxylation is 2. The molecule has 2 aromatic carbocycles. The third-order valence-corrected chi connectivity index (χ3v) is 4.62. The van der Waals surface area contributed by atoms with E-state index in [1.54, 1.807) is 0 Å². The molecule has 0 fully saturated rings. The fourth-order valence-corrected chi connectivity index (χ4v) is 3.04. The Kier molecular flexibility index (Phi) is 4.28. The zero-order chi connectivity index (χ0) is 17.3. The van der Waals surface area contributed by atoms with Crippen molar-refractivity contribution in [2.75, 3.05) is 0 Å². The van der Waals surface area contributed by atoms with Gasteiger partial charge in [-0.1, -0.05) is 63.2 Å². The minimum absolute atomic E-state index is 0.164. The average Bonchev–Trinajstić information content (AvgIpc) is 2.55. The van der Waals surface area contributed by atoms with Crippen molar-refractivity contribution in [1.82, 2.24) is 0 Å². The first-order valence-electron chi connectivity index (χ1n) is 8.53. The maximum atomic E-state index is 2.30. The molecule has 0 bridgehead atoms. The first-order chi connectivity index (χ1) is 11.4. The number of aromatic nitrogens is 1. The van der Waals surface area contributed by atoms with Gasteiger partial charge in [0.2, 0.25) is 5.69 Å². The fourth-order valence-electron chi connectivity index (χ4n) is 3.04. The van der Waals surface area contributed by atoms with Crippen molar-refractivity contribution >= 4 is 0 Å². The van der Waals surface area contributed by atoms with Crippen LogP contribution in [-0.2, 0) is 12.5 Å². The Bertz CT molecular complexity index is 855. The lowest BCUT2D eigenvalue weighted by Crippen LogP contribution is -2.33. The molecule has 1 heterocycles. The third kappa shape index (κ3) is 3.26. The Morgan fingerprint density at radius 2 is 1.50 bits per heavy atom. The van der Waals surface area contributed by atoms with Gasteiger partial charge in [-0.15, -0.1) is 0 Å². The summed E-state index contributed by atoms with van der Waals surface area (Å²) >= 11 is 0. The largest absolute Gasteiger partial charge is 0.212 e. The Hall–Kier alpha value is -2.41. The van der Waals surface area contributed by atoms with E-state index in [4.69, 9.17) is 0 Å². The van der Waals surface area contributed by atoms with Gasteiger partial charge in [0.05, 0.1) is 0 Å². The molecule has 0 N–H and O–H groups in total. The predicted octanol–water partition coefficient (Wildman–Crippen LogP) is 5.45. The second kappa shape index (κ2) is 6.24. The van der Waals surface area contributed by atoms with Gasteiger partial charge in [-0.05, 0) is 41.2 Å². The van der Waals surface area contributed by atoms with Gasteiger partial charge in [-0.2, -0.15) is 0 Å². The topological polar surface area (TPSA) is 3.88 Å². The Balaban J connectivity index is 2.10. The van der Waals surface area contributed by atoms with Crippen molar-refractivity contribution in [3.05, 3.63) is 78.0 Å². The molecule has 1 heteroatoms. The molecule has 0 unspecified atom stereocenters. The summed E-state index contributed by atoms with van der Waals surface area (Å²) in [5.41, 5.74) is 7.87. The van der Waals surface area contributed by atoms with Crippen LogP contribution in [0.1, 0.15) is 31.9 Å². The van der Waals surface area contributed by atoms with Gasteiger partial charge in [-0.25, -0.2) is 4.57 Å². The van der Waals surface area contributed by atoms with Crippen LogP contribution < -0.4 is 4.57 Å². The third-order valence-electron chi connectivity index (χ3n) is 4.62. The molecule has 0 aliphatic heterocycles. The molecule has 0 aliphatic rings. The van der Waals surface area contributed by atoms with Crippen LogP contribution in [0.25, 0.3) is 22.4 Å². The van der Waals surface area contributed by atoms with Crippen molar-refractivity contribution < 1.29 is 4.57 Å². The molecule has 0 atom stereocenters. The zero-order valence-electron chi connectivity index (χ0n) is 15.3. The Morgan fingerprint density at radius 3 is 2.12 bits per heavy atom. The van der Waals surface area contributed by atoms with Crippen LogP contribution in [-0.4, -0.2) is 0 Å². The summed E-state index contributed by atoms with van der Waals surface area (Å²) < 4.78 is 2.25. The summed E-state index contributed by atoms with van der Waals surface area (Å²) in [6.45, 7) is 8.94.